The summed E-state index contributed by atoms with van der Waals surface area (Å²) in [5.41, 5.74) is 4.11. The fourth-order valence-corrected chi connectivity index (χ4v) is 2.35. The van der Waals surface area contributed by atoms with Gasteiger partial charge in [0, 0.05) is 36.6 Å². The first-order valence-corrected chi connectivity index (χ1v) is 6.71. The molecule has 0 N–H and O–H groups in total. The van der Waals surface area contributed by atoms with Gasteiger partial charge in [0.1, 0.15) is 5.15 Å². The Bertz CT molecular complexity index is 553. The van der Waals surface area contributed by atoms with Crippen molar-refractivity contribution in [1.29, 1.82) is 0 Å². The second-order valence-corrected chi connectivity index (χ2v) is 5.05. The van der Waals surface area contributed by atoms with E-state index in [1.165, 1.54) is 0 Å². The molecule has 0 saturated carbocycles. The number of hydrogen-bond donors (Lipinski definition) is 0. The summed E-state index contributed by atoms with van der Waals surface area (Å²) < 4.78 is 0. The van der Waals surface area contributed by atoms with Crippen molar-refractivity contribution in [2.24, 2.45) is 0 Å². The largest absolute Gasteiger partial charge is 0.378 e. The first kappa shape index (κ1) is 13.8. The zero-order valence-electron chi connectivity index (χ0n) is 11.7. The van der Waals surface area contributed by atoms with Crippen molar-refractivity contribution < 1.29 is 0 Å². The lowest BCUT2D eigenvalue weighted by atomic mass is 10.1. The van der Waals surface area contributed by atoms with Crippen LogP contribution < -0.4 is 4.90 Å². The lowest BCUT2D eigenvalue weighted by Crippen LogP contribution is -2.08. The molecule has 2 aromatic rings. The van der Waals surface area contributed by atoms with Crippen LogP contribution in [0.1, 0.15) is 18.2 Å². The molecule has 19 heavy (non-hydrogen) atoms. The van der Waals surface area contributed by atoms with Gasteiger partial charge in [0.15, 0.2) is 5.82 Å². The van der Waals surface area contributed by atoms with E-state index in [0.717, 1.165) is 28.9 Å². The fraction of sp³-hybridized carbons (Fsp3) is 0.333. The summed E-state index contributed by atoms with van der Waals surface area (Å²) in [4.78, 5) is 11.0. The van der Waals surface area contributed by atoms with Gasteiger partial charge in [-0.15, -0.1) is 0 Å². The third-order valence-corrected chi connectivity index (χ3v) is 3.47. The Labute approximate surface area is 119 Å². The zero-order chi connectivity index (χ0) is 14.0. The molecule has 0 bridgehead atoms. The standard InChI is InChI=1S/C15H18ClN3/c1-5-13-10(2)17-15(18-14(13)16)11-6-8-12(9-7-11)19(3)4/h6-9H,5H2,1-4H3. The summed E-state index contributed by atoms with van der Waals surface area (Å²) in [7, 11) is 4.03. The van der Waals surface area contributed by atoms with Crippen molar-refractivity contribution in [1.82, 2.24) is 9.97 Å². The monoisotopic (exact) mass is 275 g/mol. The number of anilines is 1. The third kappa shape index (κ3) is 2.87. The van der Waals surface area contributed by atoms with Crippen LogP contribution in [0.5, 0.6) is 0 Å². The van der Waals surface area contributed by atoms with E-state index in [9.17, 15) is 0 Å². The number of nitrogens with zero attached hydrogens (tertiary/aromatic N) is 3. The summed E-state index contributed by atoms with van der Waals surface area (Å²) in [6, 6.07) is 8.14. The van der Waals surface area contributed by atoms with E-state index in [1.54, 1.807) is 0 Å². The van der Waals surface area contributed by atoms with E-state index in [1.807, 2.05) is 33.2 Å². The van der Waals surface area contributed by atoms with Crippen LogP contribution in [0.2, 0.25) is 5.15 Å². The Kier molecular flexibility index (Phi) is 4.05. The predicted molar refractivity (Wildman–Crippen MR) is 80.9 cm³/mol. The Morgan fingerprint density at radius 3 is 2.21 bits per heavy atom. The molecule has 0 fully saturated rings. The second-order valence-electron chi connectivity index (χ2n) is 4.70. The molecule has 0 spiro atoms. The normalized spacial score (nSPS) is 10.6. The van der Waals surface area contributed by atoms with Gasteiger partial charge in [0.05, 0.1) is 0 Å². The number of rotatable bonds is 3. The average Bonchev–Trinajstić information content (AvgIpc) is 2.38. The number of benzene rings is 1. The van der Waals surface area contributed by atoms with Gasteiger partial charge >= 0.3 is 0 Å². The molecule has 100 valence electrons. The topological polar surface area (TPSA) is 29.0 Å². The highest BCUT2D eigenvalue weighted by Crippen LogP contribution is 2.24. The lowest BCUT2D eigenvalue weighted by Gasteiger charge is -2.13. The van der Waals surface area contributed by atoms with Crippen molar-refractivity contribution in [2.75, 3.05) is 19.0 Å². The summed E-state index contributed by atoms with van der Waals surface area (Å²) >= 11 is 6.21. The number of aryl methyl sites for hydroxylation is 1. The molecule has 0 aliphatic carbocycles. The van der Waals surface area contributed by atoms with Crippen LogP contribution >= 0.6 is 11.6 Å². The Balaban J connectivity index is 2.42. The van der Waals surface area contributed by atoms with Gasteiger partial charge in [-0.2, -0.15) is 0 Å². The zero-order valence-corrected chi connectivity index (χ0v) is 12.5. The minimum absolute atomic E-state index is 0.557. The highest BCUT2D eigenvalue weighted by Gasteiger charge is 2.10. The molecule has 4 heteroatoms. The summed E-state index contributed by atoms with van der Waals surface area (Å²) in [5.74, 6) is 0.685. The van der Waals surface area contributed by atoms with E-state index in [-0.39, 0.29) is 0 Å². The van der Waals surface area contributed by atoms with Crippen LogP contribution in [-0.2, 0) is 6.42 Å². The summed E-state index contributed by atoms with van der Waals surface area (Å²) in [6.45, 7) is 4.03. The van der Waals surface area contributed by atoms with Gasteiger partial charge in [-0.1, -0.05) is 18.5 Å². The van der Waals surface area contributed by atoms with E-state index in [0.29, 0.717) is 11.0 Å². The Morgan fingerprint density at radius 1 is 1.11 bits per heavy atom. The van der Waals surface area contributed by atoms with Crippen molar-refractivity contribution in [3.63, 3.8) is 0 Å². The molecular weight excluding hydrogens is 258 g/mol. The summed E-state index contributed by atoms with van der Waals surface area (Å²) in [6.07, 6.45) is 0.852. The molecule has 2 rings (SSSR count). The van der Waals surface area contributed by atoms with Gasteiger partial charge in [-0.3, -0.25) is 0 Å². The minimum Gasteiger partial charge on any atom is -0.378 e. The molecular formula is C15H18ClN3. The Hall–Kier alpha value is -1.61. The number of aromatic nitrogens is 2. The molecule has 0 radical (unpaired) electrons. The van der Waals surface area contributed by atoms with Gasteiger partial charge in [0.2, 0.25) is 0 Å². The van der Waals surface area contributed by atoms with Crippen LogP contribution in [0.4, 0.5) is 5.69 Å². The number of halogens is 1. The maximum Gasteiger partial charge on any atom is 0.161 e. The van der Waals surface area contributed by atoms with Crippen molar-refractivity contribution in [2.45, 2.75) is 20.3 Å². The van der Waals surface area contributed by atoms with Gasteiger partial charge in [-0.05, 0) is 37.6 Å². The van der Waals surface area contributed by atoms with Crippen molar-refractivity contribution >= 4 is 17.3 Å². The first-order valence-electron chi connectivity index (χ1n) is 6.33. The quantitative estimate of drug-likeness (QED) is 0.799. The fourth-order valence-electron chi connectivity index (χ4n) is 2.00. The SMILES string of the molecule is CCc1c(C)nc(-c2ccc(N(C)C)cc2)nc1Cl. The maximum absolute atomic E-state index is 6.21. The molecule has 3 nitrogen and oxygen atoms in total. The molecule has 0 atom stereocenters. The van der Waals surface area contributed by atoms with Crippen LogP contribution in [0.3, 0.4) is 0 Å². The highest BCUT2D eigenvalue weighted by molar-refractivity contribution is 6.30. The molecule has 1 aromatic carbocycles. The first-order chi connectivity index (χ1) is 9.02. The smallest absolute Gasteiger partial charge is 0.161 e. The molecule has 0 aliphatic heterocycles. The van der Waals surface area contributed by atoms with Crippen molar-refractivity contribution in [3.8, 4) is 11.4 Å². The average molecular weight is 276 g/mol. The van der Waals surface area contributed by atoms with E-state index < -0.39 is 0 Å². The van der Waals surface area contributed by atoms with E-state index >= 15 is 0 Å². The molecule has 0 unspecified atom stereocenters. The van der Waals surface area contributed by atoms with Crippen LogP contribution in [0.25, 0.3) is 11.4 Å². The minimum atomic E-state index is 0.557. The molecule has 1 aromatic heterocycles. The van der Waals surface area contributed by atoms with Gasteiger partial charge in [0.25, 0.3) is 0 Å². The summed E-state index contributed by atoms with van der Waals surface area (Å²) in [5, 5.41) is 0.557. The molecule has 0 amide bonds. The van der Waals surface area contributed by atoms with E-state index in [4.69, 9.17) is 11.6 Å². The van der Waals surface area contributed by atoms with Crippen LogP contribution in [0.15, 0.2) is 24.3 Å². The third-order valence-electron chi connectivity index (χ3n) is 3.16. The van der Waals surface area contributed by atoms with E-state index in [2.05, 4.69) is 33.9 Å². The predicted octanol–water partition coefficient (Wildman–Crippen LogP) is 3.73. The lowest BCUT2D eigenvalue weighted by molar-refractivity contribution is 1.00. The van der Waals surface area contributed by atoms with Crippen LogP contribution in [-0.4, -0.2) is 24.1 Å². The van der Waals surface area contributed by atoms with Gasteiger partial charge in [-0.25, -0.2) is 9.97 Å². The van der Waals surface area contributed by atoms with Crippen molar-refractivity contribution in [3.05, 3.63) is 40.7 Å². The molecule has 0 saturated heterocycles. The van der Waals surface area contributed by atoms with Crippen LogP contribution in [0, 0.1) is 6.92 Å². The number of hydrogen-bond acceptors (Lipinski definition) is 3. The maximum atomic E-state index is 6.21. The van der Waals surface area contributed by atoms with Gasteiger partial charge < -0.3 is 4.90 Å². The molecule has 1 heterocycles. The second kappa shape index (κ2) is 5.57. The Morgan fingerprint density at radius 2 is 1.74 bits per heavy atom. The highest BCUT2D eigenvalue weighted by atomic mass is 35.5. The molecule has 0 aliphatic rings.